The number of anilines is 1. The minimum absolute atomic E-state index is 0.0756. The van der Waals surface area contributed by atoms with Gasteiger partial charge in [-0.1, -0.05) is 29.3 Å². The Morgan fingerprint density at radius 1 is 1.04 bits per heavy atom. The van der Waals surface area contributed by atoms with Gasteiger partial charge in [-0.3, -0.25) is 4.79 Å². The lowest BCUT2D eigenvalue weighted by Gasteiger charge is -2.36. The molecular formula is C17H14Cl2F3N3O. The minimum atomic E-state index is -4.39. The van der Waals surface area contributed by atoms with Crippen molar-refractivity contribution in [3.8, 4) is 0 Å². The van der Waals surface area contributed by atoms with Crippen molar-refractivity contribution in [1.29, 1.82) is 0 Å². The first-order valence-corrected chi connectivity index (χ1v) is 8.55. The highest BCUT2D eigenvalue weighted by atomic mass is 35.5. The summed E-state index contributed by atoms with van der Waals surface area (Å²) in [5.41, 5.74) is -0.138. The van der Waals surface area contributed by atoms with E-state index in [4.69, 9.17) is 23.2 Å². The third-order valence-corrected chi connectivity index (χ3v) is 4.64. The van der Waals surface area contributed by atoms with Gasteiger partial charge in [0.15, 0.2) is 0 Å². The van der Waals surface area contributed by atoms with Gasteiger partial charge >= 0.3 is 6.18 Å². The van der Waals surface area contributed by atoms with E-state index >= 15 is 0 Å². The molecule has 4 nitrogen and oxygen atoms in total. The summed E-state index contributed by atoms with van der Waals surface area (Å²) in [6.45, 7) is 1.51. The maximum atomic E-state index is 12.9. The Labute approximate surface area is 158 Å². The zero-order chi connectivity index (χ0) is 18.9. The van der Waals surface area contributed by atoms with Crippen molar-refractivity contribution in [3.05, 3.63) is 57.8 Å². The first-order chi connectivity index (χ1) is 12.3. The fourth-order valence-corrected chi connectivity index (χ4v) is 3.10. The lowest BCUT2D eigenvalue weighted by atomic mass is 10.1. The van der Waals surface area contributed by atoms with Crippen LogP contribution in [-0.2, 0) is 6.18 Å². The fourth-order valence-electron chi connectivity index (χ4n) is 2.76. The smallest absolute Gasteiger partial charge is 0.368 e. The first kappa shape index (κ1) is 18.8. The van der Waals surface area contributed by atoms with Gasteiger partial charge in [-0.25, -0.2) is 4.98 Å². The number of nitrogens with zero attached hydrogens (tertiary/aromatic N) is 3. The Balaban J connectivity index is 1.70. The Morgan fingerprint density at radius 3 is 2.38 bits per heavy atom. The average molecular weight is 404 g/mol. The van der Waals surface area contributed by atoms with Crippen molar-refractivity contribution >= 4 is 34.8 Å². The number of halogens is 5. The van der Waals surface area contributed by atoms with Gasteiger partial charge in [-0.05, 0) is 30.3 Å². The highest BCUT2D eigenvalue weighted by Crippen LogP contribution is 2.32. The molecule has 0 atom stereocenters. The number of pyridine rings is 1. The second-order valence-corrected chi connectivity index (χ2v) is 6.59. The second-order valence-electron chi connectivity index (χ2n) is 5.79. The van der Waals surface area contributed by atoms with Crippen LogP contribution in [-0.4, -0.2) is 42.0 Å². The first-order valence-electron chi connectivity index (χ1n) is 7.79. The van der Waals surface area contributed by atoms with Gasteiger partial charge in [0.2, 0.25) is 0 Å². The van der Waals surface area contributed by atoms with E-state index in [9.17, 15) is 18.0 Å². The van der Waals surface area contributed by atoms with Crippen LogP contribution in [0.1, 0.15) is 16.1 Å². The molecule has 1 aromatic heterocycles. The number of aromatic nitrogens is 1. The zero-order valence-corrected chi connectivity index (χ0v) is 14.9. The molecule has 1 saturated heterocycles. The number of rotatable bonds is 2. The van der Waals surface area contributed by atoms with Crippen molar-refractivity contribution in [2.24, 2.45) is 0 Å². The fraction of sp³-hybridized carbons (Fsp3) is 0.294. The van der Waals surface area contributed by atoms with E-state index < -0.39 is 11.7 Å². The quantitative estimate of drug-likeness (QED) is 0.698. The number of carbonyl (C=O) groups excluding carboxylic acids is 1. The molecule has 1 amide bonds. The summed E-state index contributed by atoms with van der Waals surface area (Å²) in [4.78, 5) is 19.9. The number of carbonyl (C=O) groups is 1. The standard InChI is InChI=1S/C17H14Cl2F3N3O/c18-13-4-5-14(19)23-15(13)16(26)25-8-6-24(7-9-25)12-3-1-2-11(10-12)17(20,21)22/h1-5,10H,6-9H2. The van der Waals surface area contributed by atoms with Crippen LogP contribution in [0, 0.1) is 0 Å². The van der Waals surface area contributed by atoms with Crippen LogP contribution < -0.4 is 4.90 Å². The van der Waals surface area contributed by atoms with Crippen LogP contribution in [0.3, 0.4) is 0 Å². The third kappa shape index (κ3) is 4.04. The molecule has 26 heavy (non-hydrogen) atoms. The van der Waals surface area contributed by atoms with E-state index in [2.05, 4.69) is 4.98 Å². The monoisotopic (exact) mass is 403 g/mol. The normalized spacial score (nSPS) is 15.3. The molecule has 0 N–H and O–H groups in total. The lowest BCUT2D eigenvalue weighted by molar-refractivity contribution is -0.137. The Bertz CT molecular complexity index is 821. The van der Waals surface area contributed by atoms with Gasteiger partial charge < -0.3 is 9.80 Å². The summed E-state index contributed by atoms with van der Waals surface area (Å²) < 4.78 is 38.6. The molecule has 0 unspecified atom stereocenters. The maximum absolute atomic E-state index is 12.9. The summed E-state index contributed by atoms with van der Waals surface area (Å²) in [5, 5.41) is 0.375. The number of amides is 1. The molecule has 0 spiro atoms. The van der Waals surface area contributed by atoms with E-state index in [1.807, 2.05) is 4.90 Å². The molecule has 1 aliphatic rings. The summed E-state index contributed by atoms with van der Waals surface area (Å²) in [6, 6.07) is 8.16. The van der Waals surface area contributed by atoms with Crippen molar-refractivity contribution in [2.45, 2.75) is 6.18 Å². The Morgan fingerprint density at radius 2 is 1.73 bits per heavy atom. The van der Waals surface area contributed by atoms with Gasteiger partial charge in [0.1, 0.15) is 10.8 Å². The zero-order valence-electron chi connectivity index (χ0n) is 13.4. The van der Waals surface area contributed by atoms with Crippen LogP contribution in [0.5, 0.6) is 0 Å². The largest absolute Gasteiger partial charge is 0.416 e. The molecule has 3 rings (SSSR count). The van der Waals surface area contributed by atoms with E-state index in [1.165, 1.54) is 18.2 Å². The molecule has 2 aromatic rings. The lowest BCUT2D eigenvalue weighted by Crippen LogP contribution is -2.49. The number of hydrogen-bond donors (Lipinski definition) is 0. The number of benzene rings is 1. The Kier molecular flexibility index (Phi) is 5.29. The summed E-state index contributed by atoms with van der Waals surface area (Å²) in [7, 11) is 0. The number of hydrogen-bond acceptors (Lipinski definition) is 3. The van der Waals surface area contributed by atoms with Crippen molar-refractivity contribution in [2.75, 3.05) is 31.1 Å². The minimum Gasteiger partial charge on any atom is -0.368 e. The van der Waals surface area contributed by atoms with Crippen molar-refractivity contribution < 1.29 is 18.0 Å². The topological polar surface area (TPSA) is 36.4 Å². The number of alkyl halides is 3. The molecule has 9 heteroatoms. The van der Waals surface area contributed by atoms with Gasteiger partial charge in [0, 0.05) is 31.9 Å². The van der Waals surface area contributed by atoms with Crippen LogP contribution in [0.4, 0.5) is 18.9 Å². The molecule has 0 saturated carbocycles. The highest BCUT2D eigenvalue weighted by Gasteiger charge is 2.31. The third-order valence-electron chi connectivity index (χ3n) is 4.12. The SMILES string of the molecule is O=C(c1nc(Cl)ccc1Cl)N1CCN(c2cccc(C(F)(F)F)c2)CC1. The van der Waals surface area contributed by atoms with E-state index in [0.717, 1.165) is 12.1 Å². The predicted octanol–water partition coefficient (Wildman–Crippen LogP) is 4.37. The summed E-state index contributed by atoms with van der Waals surface area (Å²) in [5.74, 6) is -0.346. The molecule has 0 aliphatic carbocycles. The van der Waals surface area contributed by atoms with Crippen LogP contribution in [0.15, 0.2) is 36.4 Å². The van der Waals surface area contributed by atoms with Crippen molar-refractivity contribution in [1.82, 2.24) is 9.88 Å². The molecule has 0 radical (unpaired) electrons. The van der Waals surface area contributed by atoms with Crippen LogP contribution in [0.2, 0.25) is 10.2 Å². The molecule has 1 fully saturated rings. The molecule has 1 aliphatic heterocycles. The second kappa shape index (κ2) is 7.32. The summed E-state index contributed by atoms with van der Waals surface area (Å²) >= 11 is 11.8. The van der Waals surface area contributed by atoms with Crippen molar-refractivity contribution in [3.63, 3.8) is 0 Å². The van der Waals surface area contributed by atoms with E-state index in [0.29, 0.717) is 31.9 Å². The predicted molar refractivity (Wildman–Crippen MR) is 93.8 cm³/mol. The van der Waals surface area contributed by atoms with Gasteiger partial charge in [0.25, 0.3) is 5.91 Å². The number of piperazine rings is 1. The summed E-state index contributed by atoms with van der Waals surface area (Å²) in [6.07, 6.45) is -4.39. The van der Waals surface area contributed by atoms with Gasteiger partial charge in [-0.2, -0.15) is 13.2 Å². The molecule has 0 bridgehead atoms. The van der Waals surface area contributed by atoms with Crippen LogP contribution >= 0.6 is 23.2 Å². The van der Waals surface area contributed by atoms with Gasteiger partial charge in [0.05, 0.1) is 10.6 Å². The molecule has 138 valence electrons. The highest BCUT2D eigenvalue weighted by molar-refractivity contribution is 6.34. The maximum Gasteiger partial charge on any atom is 0.416 e. The molecule has 1 aromatic carbocycles. The van der Waals surface area contributed by atoms with Crippen LogP contribution in [0.25, 0.3) is 0 Å². The molecular weight excluding hydrogens is 390 g/mol. The molecule has 2 heterocycles. The van der Waals surface area contributed by atoms with E-state index in [-0.39, 0.29) is 21.8 Å². The Hall–Kier alpha value is -1.99. The van der Waals surface area contributed by atoms with Gasteiger partial charge in [-0.15, -0.1) is 0 Å². The average Bonchev–Trinajstić information content (AvgIpc) is 2.63. The van der Waals surface area contributed by atoms with E-state index in [1.54, 1.807) is 11.0 Å².